The van der Waals surface area contributed by atoms with E-state index in [4.69, 9.17) is 15.9 Å². The second kappa shape index (κ2) is 10.8. The summed E-state index contributed by atoms with van der Waals surface area (Å²) in [6.07, 6.45) is 6.06. The van der Waals surface area contributed by atoms with Gasteiger partial charge in [-0.1, -0.05) is 18.1 Å². The molecule has 0 radical (unpaired) electrons. The smallest absolute Gasteiger partial charge is 0.319 e. The van der Waals surface area contributed by atoms with Gasteiger partial charge in [0.05, 0.1) is 30.3 Å². The number of aromatic nitrogens is 2. The molecule has 3 aliphatic rings. The van der Waals surface area contributed by atoms with Crippen molar-refractivity contribution in [2.75, 3.05) is 44.3 Å². The minimum Gasteiger partial charge on any atom is -0.508 e. The van der Waals surface area contributed by atoms with Crippen molar-refractivity contribution < 1.29 is 27.8 Å². The number of nitrogens with zero attached hydrogens (tertiary/aromatic N) is 5. The number of hydrogen-bond acceptors (Lipinski definition) is 8. The van der Waals surface area contributed by atoms with Crippen LogP contribution in [0.4, 0.5) is 19.0 Å². The molecule has 3 atom stereocenters. The second-order valence-electron chi connectivity index (χ2n) is 11.6. The predicted molar refractivity (Wildman–Crippen MR) is 158 cm³/mol. The molecule has 0 saturated carbocycles. The van der Waals surface area contributed by atoms with Gasteiger partial charge >= 0.3 is 6.01 Å². The summed E-state index contributed by atoms with van der Waals surface area (Å²) in [7, 11) is 0. The van der Waals surface area contributed by atoms with Gasteiger partial charge in [-0.05, 0) is 54.6 Å². The lowest BCUT2D eigenvalue weighted by Crippen LogP contribution is -2.44. The molecule has 4 aromatic rings. The zero-order chi connectivity index (χ0) is 30.6. The van der Waals surface area contributed by atoms with E-state index < -0.39 is 29.4 Å². The van der Waals surface area contributed by atoms with Crippen molar-refractivity contribution in [3.63, 3.8) is 0 Å². The first-order valence-electron chi connectivity index (χ1n) is 14.5. The van der Waals surface area contributed by atoms with Crippen molar-refractivity contribution in [3.05, 3.63) is 53.6 Å². The monoisotopic (exact) mass is 599 g/mol. The Balaban J connectivity index is 1.38. The van der Waals surface area contributed by atoms with E-state index in [0.29, 0.717) is 36.1 Å². The molecule has 3 fully saturated rings. The summed E-state index contributed by atoms with van der Waals surface area (Å²) in [5.74, 6) is 1.19. The lowest BCUT2D eigenvalue weighted by atomic mass is 9.93. The van der Waals surface area contributed by atoms with Gasteiger partial charge in [0.2, 0.25) is 0 Å². The third-order valence-corrected chi connectivity index (χ3v) is 8.99. The molecule has 3 aromatic carbocycles. The van der Waals surface area contributed by atoms with Gasteiger partial charge in [0.1, 0.15) is 35.7 Å². The summed E-state index contributed by atoms with van der Waals surface area (Å²) in [6, 6.07) is 10.7. The highest BCUT2D eigenvalue weighted by Gasteiger charge is 2.49. The van der Waals surface area contributed by atoms with Crippen LogP contribution >= 0.6 is 0 Å². The van der Waals surface area contributed by atoms with Gasteiger partial charge in [-0.3, -0.25) is 4.90 Å². The van der Waals surface area contributed by atoms with Crippen LogP contribution < -0.4 is 9.64 Å². The molecule has 8 nitrogen and oxygen atoms in total. The summed E-state index contributed by atoms with van der Waals surface area (Å²) in [5, 5.41) is 21.1. The summed E-state index contributed by atoms with van der Waals surface area (Å²) in [4.78, 5) is 13.1. The van der Waals surface area contributed by atoms with Crippen molar-refractivity contribution in [2.45, 2.75) is 37.1 Å². The van der Waals surface area contributed by atoms with Crippen LogP contribution in [0, 0.1) is 35.3 Å². The molecule has 44 heavy (non-hydrogen) atoms. The zero-order valence-electron chi connectivity index (χ0n) is 23.7. The van der Waals surface area contributed by atoms with Crippen molar-refractivity contribution >= 4 is 27.5 Å². The van der Waals surface area contributed by atoms with E-state index >= 15 is 4.39 Å². The fraction of sp³-hybridized carbons (Fsp3) is 0.364. The number of fused-ring (bicyclic) bond motifs is 3. The number of aromatic hydroxyl groups is 1. The highest BCUT2D eigenvalue weighted by atomic mass is 19.1. The number of anilines is 1. The molecular formula is C33H28F3N5O3. The first kappa shape index (κ1) is 28.2. The van der Waals surface area contributed by atoms with Crippen molar-refractivity contribution in [2.24, 2.45) is 0 Å². The maximum atomic E-state index is 16.7. The van der Waals surface area contributed by atoms with E-state index in [1.165, 1.54) is 30.3 Å². The average Bonchev–Trinajstić information content (AvgIpc) is 3.55. The quantitative estimate of drug-likeness (QED) is 0.317. The molecular weight excluding hydrogens is 571 g/mol. The molecule has 3 saturated heterocycles. The van der Waals surface area contributed by atoms with E-state index in [2.05, 4.69) is 26.9 Å². The number of benzene rings is 3. The van der Waals surface area contributed by atoms with Gasteiger partial charge in [0, 0.05) is 35.8 Å². The molecule has 0 bridgehead atoms. The Kier molecular flexibility index (Phi) is 6.95. The topological polar surface area (TPSA) is 94.7 Å². The van der Waals surface area contributed by atoms with Crippen LogP contribution in [0.25, 0.3) is 32.8 Å². The minimum absolute atomic E-state index is 0.0459. The predicted octanol–water partition coefficient (Wildman–Crippen LogP) is 5.10. The third kappa shape index (κ3) is 4.64. The Hall–Kier alpha value is -4.58. The van der Waals surface area contributed by atoms with Gasteiger partial charge in [0.25, 0.3) is 0 Å². The van der Waals surface area contributed by atoms with Crippen molar-refractivity contribution in [3.8, 4) is 41.3 Å². The van der Waals surface area contributed by atoms with Gasteiger partial charge in [0.15, 0.2) is 11.9 Å². The van der Waals surface area contributed by atoms with Crippen LogP contribution in [0.2, 0.25) is 0 Å². The summed E-state index contributed by atoms with van der Waals surface area (Å²) >= 11 is 0. The lowest BCUT2D eigenvalue weighted by molar-refractivity contribution is 0.0760. The Morgan fingerprint density at radius 3 is 2.82 bits per heavy atom. The van der Waals surface area contributed by atoms with E-state index in [1.54, 1.807) is 6.07 Å². The molecule has 4 heterocycles. The highest BCUT2D eigenvalue weighted by Crippen LogP contribution is 2.42. The van der Waals surface area contributed by atoms with Gasteiger partial charge in [-0.2, -0.15) is 15.2 Å². The van der Waals surface area contributed by atoms with Crippen LogP contribution in [0.3, 0.4) is 0 Å². The van der Waals surface area contributed by atoms with Gasteiger partial charge in [-0.15, -0.1) is 6.42 Å². The van der Waals surface area contributed by atoms with E-state index in [-0.39, 0.29) is 59.1 Å². The van der Waals surface area contributed by atoms with Crippen LogP contribution in [-0.2, 0) is 4.74 Å². The van der Waals surface area contributed by atoms with Crippen LogP contribution in [-0.4, -0.2) is 77.2 Å². The number of hydrogen-bond donors (Lipinski definition) is 1. The largest absolute Gasteiger partial charge is 0.508 e. The fourth-order valence-corrected chi connectivity index (χ4v) is 6.99. The second-order valence-corrected chi connectivity index (χ2v) is 11.6. The number of nitriles is 1. The molecule has 3 aliphatic heterocycles. The number of morpholine rings is 1. The first-order valence-corrected chi connectivity index (χ1v) is 14.5. The minimum atomic E-state index is -0.946. The molecule has 1 aromatic heterocycles. The van der Waals surface area contributed by atoms with Crippen molar-refractivity contribution in [1.82, 2.24) is 14.9 Å². The standard InChI is InChI=1S/C33H28F3N5O3/c1-2-23-27(35)7-4-19-12-21(42)13-26(28(19)23)24-5-6-25-30(29(24)36)38-32(39-31(25)40-10-11-43-22(15-37)17-40)44-18-33-8-3-9-41(33)16-20(34)14-33/h1,4-7,12-13,20,22,42H,3,8-11,14,16-18H2. The number of phenolic OH excluding ortho intramolecular Hbond substituents is 1. The van der Waals surface area contributed by atoms with E-state index in [0.717, 1.165) is 19.4 Å². The maximum absolute atomic E-state index is 16.7. The molecule has 3 unspecified atom stereocenters. The molecule has 7 rings (SSSR count). The molecule has 224 valence electrons. The number of halogens is 3. The number of terminal acetylenes is 1. The van der Waals surface area contributed by atoms with Gasteiger partial charge in [-0.25, -0.2) is 13.2 Å². The highest BCUT2D eigenvalue weighted by molar-refractivity contribution is 6.04. The number of phenols is 1. The number of alkyl halides is 1. The van der Waals surface area contributed by atoms with Gasteiger partial charge < -0.3 is 19.5 Å². The van der Waals surface area contributed by atoms with Crippen LogP contribution in [0.1, 0.15) is 24.8 Å². The summed E-state index contributed by atoms with van der Waals surface area (Å²) in [6.45, 7) is 2.16. The normalized spacial score (nSPS) is 23.5. The Morgan fingerprint density at radius 1 is 1.14 bits per heavy atom. The number of ether oxygens (including phenoxy) is 2. The van der Waals surface area contributed by atoms with Crippen LogP contribution in [0.5, 0.6) is 11.8 Å². The number of rotatable bonds is 5. The molecule has 1 N–H and O–H groups in total. The molecule has 0 aliphatic carbocycles. The SMILES string of the molecule is C#Cc1c(F)ccc2cc(O)cc(-c3ccc4c(N5CCOC(C#N)C5)nc(OCC56CCCN5CC(F)C6)nc4c3F)c12. The van der Waals surface area contributed by atoms with Crippen LogP contribution in [0.15, 0.2) is 36.4 Å². The third-order valence-electron chi connectivity index (χ3n) is 8.99. The Morgan fingerprint density at radius 2 is 2.00 bits per heavy atom. The summed E-state index contributed by atoms with van der Waals surface area (Å²) < 4.78 is 57.5. The van der Waals surface area contributed by atoms with Crippen molar-refractivity contribution in [1.29, 1.82) is 5.26 Å². The van der Waals surface area contributed by atoms with E-state index in [1.807, 2.05) is 4.90 Å². The molecule has 0 amide bonds. The molecule has 11 heteroatoms. The first-order chi connectivity index (χ1) is 21.3. The zero-order valence-corrected chi connectivity index (χ0v) is 23.7. The Labute approximate surface area is 251 Å². The Bertz CT molecular complexity index is 1890. The fourth-order valence-electron chi connectivity index (χ4n) is 6.99. The summed E-state index contributed by atoms with van der Waals surface area (Å²) in [5.41, 5.74) is -0.341. The lowest BCUT2D eigenvalue weighted by Gasteiger charge is -2.32. The maximum Gasteiger partial charge on any atom is 0.319 e. The molecule has 0 spiro atoms. The van der Waals surface area contributed by atoms with E-state index in [9.17, 15) is 19.1 Å². The average molecular weight is 600 g/mol.